The van der Waals surface area contributed by atoms with Crippen LogP contribution in [0.1, 0.15) is 10.4 Å². The van der Waals surface area contributed by atoms with Crippen LogP contribution in [0, 0.1) is 0 Å². The molecule has 3 rings (SSSR count). The van der Waals surface area contributed by atoms with Gasteiger partial charge in [0, 0.05) is 18.7 Å². The quantitative estimate of drug-likeness (QED) is 0.727. The van der Waals surface area contributed by atoms with E-state index in [1.165, 1.54) is 12.0 Å². The predicted octanol–water partition coefficient (Wildman–Crippen LogP) is -1.16. The number of amides is 3. The van der Waals surface area contributed by atoms with E-state index < -0.39 is 18.7 Å². The lowest BCUT2D eigenvalue weighted by Crippen LogP contribution is -2.70. The number of nitrogens with one attached hydrogen (secondary N) is 1. The van der Waals surface area contributed by atoms with Gasteiger partial charge in [0.25, 0.3) is 5.91 Å². The van der Waals surface area contributed by atoms with Crippen molar-refractivity contribution in [2.75, 3.05) is 33.4 Å². The highest BCUT2D eigenvalue weighted by Gasteiger charge is 2.44. The Labute approximate surface area is 139 Å². The normalized spacial score (nSPS) is 23.6. The molecule has 3 amide bonds. The average Bonchev–Trinajstić information content (AvgIpc) is 2.63. The van der Waals surface area contributed by atoms with Crippen molar-refractivity contribution < 1.29 is 24.2 Å². The van der Waals surface area contributed by atoms with Gasteiger partial charge in [-0.15, -0.1) is 0 Å². The number of benzene rings is 1. The zero-order chi connectivity index (χ0) is 17.3. The molecule has 0 saturated carbocycles. The molecule has 2 saturated heterocycles. The molecule has 8 nitrogen and oxygen atoms in total. The molecule has 0 aliphatic carbocycles. The molecule has 1 aromatic rings. The van der Waals surface area contributed by atoms with E-state index in [2.05, 4.69) is 5.32 Å². The highest BCUT2D eigenvalue weighted by molar-refractivity contribution is 5.99. The smallest absolute Gasteiger partial charge is 0.254 e. The fourth-order valence-electron chi connectivity index (χ4n) is 3.05. The third-order valence-corrected chi connectivity index (χ3v) is 4.37. The molecule has 24 heavy (non-hydrogen) atoms. The lowest BCUT2D eigenvalue weighted by Gasteiger charge is -2.44. The maximum absolute atomic E-state index is 12.6. The van der Waals surface area contributed by atoms with E-state index in [-0.39, 0.29) is 30.8 Å². The second-order valence-corrected chi connectivity index (χ2v) is 5.77. The number of piperazine rings is 2. The number of aliphatic hydroxyl groups is 1. The summed E-state index contributed by atoms with van der Waals surface area (Å²) in [4.78, 5) is 40.0. The van der Waals surface area contributed by atoms with Crippen LogP contribution in [0.4, 0.5) is 0 Å². The number of methoxy groups -OCH3 is 1. The minimum Gasteiger partial charge on any atom is -0.497 e. The van der Waals surface area contributed by atoms with Crippen molar-refractivity contribution in [2.24, 2.45) is 0 Å². The molecular weight excluding hydrogens is 314 g/mol. The molecule has 2 aliphatic rings. The van der Waals surface area contributed by atoms with Crippen LogP contribution in [-0.4, -0.2) is 78.1 Å². The van der Waals surface area contributed by atoms with Gasteiger partial charge >= 0.3 is 0 Å². The molecule has 2 fully saturated rings. The molecule has 2 aliphatic heterocycles. The number of hydrogen-bond donors (Lipinski definition) is 2. The Morgan fingerprint density at radius 3 is 2.88 bits per heavy atom. The molecule has 0 spiro atoms. The lowest BCUT2D eigenvalue weighted by molar-refractivity contribution is -0.153. The first-order chi connectivity index (χ1) is 11.5. The molecule has 2 atom stereocenters. The molecule has 0 unspecified atom stereocenters. The molecule has 2 heterocycles. The molecule has 0 bridgehead atoms. The van der Waals surface area contributed by atoms with E-state index in [9.17, 15) is 14.4 Å². The number of carbonyl (C=O) groups excluding carboxylic acids is 3. The highest BCUT2D eigenvalue weighted by Crippen LogP contribution is 2.20. The van der Waals surface area contributed by atoms with E-state index >= 15 is 0 Å². The van der Waals surface area contributed by atoms with E-state index in [0.717, 1.165) is 0 Å². The van der Waals surface area contributed by atoms with Gasteiger partial charge < -0.3 is 25.0 Å². The van der Waals surface area contributed by atoms with Gasteiger partial charge in [-0.3, -0.25) is 14.4 Å². The first kappa shape index (κ1) is 16.3. The van der Waals surface area contributed by atoms with E-state index in [4.69, 9.17) is 9.84 Å². The van der Waals surface area contributed by atoms with Crippen LogP contribution in [0.3, 0.4) is 0 Å². The summed E-state index contributed by atoms with van der Waals surface area (Å²) >= 11 is 0. The Hall–Kier alpha value is -2.61. The fraction of sp³-hybridized carbons (Fsp3) is 0.438. The first-order valence-electron chi connectivity index (χ1n) is 7.70. The highest BCUT2D eigenvalue weighted by atomic mass is 16.5. The maximum Gasteiger partial charge on any atom is 0.254 e. The van der Waals surface area contributed by atoms with Gasteiger partial charge in [-0.1, -0.05) is 6.07 Å². The van der Waals surface area contributed by atoms with Crippen LogP contribution in [0.15, 0.2) is 24.3 Å². The van der Waals surface area contributed by atoms with E-state index in [0.29, 0.717) is 17.9 Å². The minimum absolute atomic E-state index is 0.131. The average molecular weight is 333 g/mol. The SMILES string of the molecule is COc1cccc(C(=O)N2CCN3C(=O)[C@@H](CO)NC(=O)[C@H]3C2)c1. The molecular formula is C16H19N3O5. The summed E-state index contributed by atoms with van der Waals surface area (Å²) in [5.74, 6) is -0.290. The summed E-state index contributed by atoms with van der Waals surface area (Å²) in [6.45, 7) is 0.304. The molecule has 1 aromatic carbocycles. The Bertz CT molecular complexity index is 677. The zero-order valence-corrected chi connectivity index (χ0v) is 13.3. The Balaban J connectivity index is 1.75. The first-order valence-corrected chi connectivity index (χ1v) is 7.70. The summed E-state index contributed by atoms with van der Waals surface area (Å²) in [5, 5.41) is 11.7. The minimum atomic E-state index is -0.894. The Morgan fingerprint density at radius 1 is 1.38 bits per heavy atom. The third kappa shape index (κ3) is 2.80. The van der Waals surface area contributed by atoms with Gasteiger partial charge in [0.05, 0.1) is 20.3 Å². The van der Waals surface area contributed by atoms with E-state index in [1.54, 1.807) is 29.2 Å². The van der Waals surface area contributed by atoms with Gasteiger partial charge in [0.2, 0.25) is 11.8 Å². The number of rotatable bonds is 3. The summed E-state index contributed by atoms with van der Waals surface area (Å²) in [6, 6.07) is 5.19. The lowest BCUT2D eigenvalue weighted by atomic mass is 10.0. The largest absolute Gasteiger partial charge is 0.497 e. The topological polar surface area (TPSA) is 99.2 Å². The van der Waals surface area contributed by atoms with Gasteiger partial charge in [-0.05, 0) is 18.2 Å². The van der Waals surface area contributed by atoms with Crippen molar-refractivity contribution in [2.45, 2.75) is 12.1 Å². The van der Waals surface area contributed by atoms with Gasteiger partial charge in [-0.2, -0.15) is 0 Å². The van der Waals surface area contributed by atoms with Crippen LogP contribution in [0.25, 0.3) is 0 Å². The number of ether oxygens (including phenoxy) is 1. The van der Waals surface area contributed by atoms with Crippen molar-refractivity contribution in [3.63, 3.8) is 0 Å². The fourth-order valence-corrected chi connectivity index (χ4v) is 3.05. The van der Waals surface area contributed by atoms with Crippen molar-refractivity contribution in [3.05, 3.63) is 29.8 Å². The Morgan fingerprint density at radius 2 is 2.17 bits per heavy atom. The van der Waals surface area contributed by atoms with Crippen LogP contribution in [0.5, 0.6) is 5.75 Å². The van der Waals surface area contributed by atoms with Gasteiger partial charge in [0.1, 0.15) is 17.8 Å². The number of fused-ring (bicyclic) bond motifs is 1. The summed E-state index contributed by atoms with van der Waals surface area (Å²) in [7, 11) is 1.53. The van der Waals surface area contributed by atoms with Crippen molar-refractivity contribution >= 4 is 17.7 Å². The number of nitrogens with zero attached hydrogens (tertiary/aromatic N) is 2. The monoisotopic (exact) mass is 333 g/mol. The third-order valence-electron chi connectivity index (χ3n) is 4.37. The molecule has 0 aromatic heterocycles. The van der Waals surface area contributed by atoms with Crippen LogP contribution in [0.2, 0.25) is 0 Å². The van der Waals surface area contributed by atoms with Crippen molar-refractivity contribution in [1.29, 1.82) is 0 Å². The predicted molar refractivity (Wildman–Crippen MR) is 83.4 cm³/mol. The maximum atomic E-state index is 12.6. The Kier molecular flexibility index (Phi) is 4.39. The van der Waals surface area contributed by atoms with Crippen LogP contribution < -0.4 is 10.1 Å². The standard InChI is InChI=1S/C16H19N3O5/c1-24-11-4-2-3-10(7-11)15(22)18-5-6-19-13(8-18)14(21)17-12(9-20)16(19)23/h2-4,7,12-13,20H,5-6,8-9H2,1H3,(H,17,21)/t12-,13-/m1/s1. The van der Waals surface area contributed by atoms with Crippen LogP contribution in [-0.2, 0) is 9.59 Å². The summed E-state index contributed by atoms with van der Waals surface area (Å²) in [6.07, 6.45) is 0. The summed E-state index contributed by atoms with van der Waals surface area (Å²) in [5.41, 5.74) is 0.471. The van der Waals surface area contributed by atoms with Crippen molar-refractivity contribution in [1.82, 2.24) is 15.1 Å². The second kappa shape index (κ2) is 6.48. The van der Waals surface area contributed by atoms with Crippen molar-refractivity contribution in [3.8, 4) is 5.75 Å². The second-order valence-electron chi connectivity index (χ2n) is 5.77. The molecule has 128 valence electrons. The number of hydrogen-bond acceptors (Lipinski definition) is 5. The summed E-state index contributed by atoms with van der Waals surface area (Å²) < 4.78 is 5.12. The van der Waals surface area contributed by atoms with E-state index in [1.807, 2.05) is 0 Å². The molecule has 0 radical (unpaired) electrons. The van der Waals surface area contributed by atoms with Gasteiger partial charge in [0.15, 0.2) is 0 Å². The number of carbonyl (C=O) groups is 3. The zero-order valence-electron chi connectivity index (χ0n) is 13.3. The van der Waals surface area contributed by atoms with Crippen LogP contribution >= 0.6 is 0 Å². The molecule has 8 heteroatoms. The molecule has 2 N–H and O–H groups in total. The number of aliphatic hydroxyl groups excluding tert-OH is 1. The van der Waals surface area contributed by atoms with Gasteiger partial charge in [-0.25, -0.2) is 0 Å².